The number of hydrogen-bond donors (Lipinski definition) is 1. The second-order valence-electron chi connectivity index (χ2n) is 4.32. The summed E-state index contributed by atoms with van der Waals surface area (Å²) < 4.78 is 5.63. The van der Waals surface area contributed by atoms with Gasteiger partial charge in [-0.15, -0.1) is 0 Å². The molecule has 1 heterocycles. The van der Waals surface area contributed by atoms with Gasteiger partial charge in [0.15, 0.2) is 6.10 Å². The molecule has 1 aliphatic rings. The van der Waals surface area contributed by atoms with Gasteiger partial charge in [-0.25, -0.2) is 0 Å². The monoisotopic (exact) mass is 253 g/mol. The van der Waals surface area contributed by atoms with Crippen molar-refractivity contribution in [3.63, 3.8) is 0 Å². The summed E-state index contributed by atoms with van der Waals surface area (Å²) in [7, 11) is 0. The van der Waals surface area contributed by atoms with Crippen LogP contribution >= 0.6 is 0 Å². The molecule has 0 saturated heterocycles. The number of Topliss-reactive ketones (excluding diaryl/α,β-unsaturated/α-hetero) is 2. The Hall–Kier alpha value is -2.62. The zero-order valence-electron chi connectivity index (χ0n) is 10.00. The quantitative estimate of drug-likeness (QED) is 0.624. The minimum Gasteiger partial charge on any atom is -0.477 e. The van der Waals surface area contributed by atoms with Gasteiger partial charge in [-0.2, -0.15) is 0 Å². The molecular weight excluding hydrogens is 242 g/mol. The van der Waals surface area contributed by atoms with Gasteiger partial charge in [-0.1, -0.05) is 36.4 Å². The summed E-state index contributed by atoms with van der Waals surface area (Å²) in [6.07, 6.45) is -0.886. The number of anilines is 1. The Morgan fingerprint density at radius 1 is 0.947 bits per heavy atom. The molecule has 1 unspecified atom stereocenters. The van der Waals surface area contributed by atoms with E-state index >= 15 is 0 Å². The Bertz CT molecular complexity index is 664. The third-order valence-corrected chi connectivity index (χ3v) is 3.09. The minimum atomic E-state index is -0.886. The third-order valence-electron chi connectivity index (χ3n) is 3.09. The molecule has 0 amide bonds. The van der Waals surface area contributed by atoms with Crippen LogP contribution in [0.5, 0.6) is 5.75 Å². The third kappa shape index (κ3) is 1.78. The average molecular weight is 253 g/mol. The van der Waals surface area contributed by atoms with Crippen molar-refractivity contribution in [1.82, 2.24) is 0 Å². The highest BCUT2D eigenvalue weighted by Gasteiger charge is 2.37. The standard InChI is InChI=1S/C15H11NO3/c16-10-7-4-8-11-12(10)13(17)14(18)15(19-11)9-5-2-1-3-6-9/h1-8,15H,16H2. The number of nitrogens with two attached hydrogens (primary N) is 1. The number of ether oxygens (including phenoxy) is 1. The number of benzene rings is 2. The van der Waals surface area contributed by atoms with Gasteiger partial charge in [0.05, 0.1) is 5.56 Å². The molecule has 0 radical (unpaired) electrons. The van der Waals surface area contributed by atoms with Crippen molar-refractivity contribution < 1.29 is 14.3 Å². The zero-order chi connectivity index (χ0) is 13.4. The first-order valence-corrected chi connectivity index (χ1v) is 5.87. The number of fused-ring (bicyclic) bond motifs is 1. The molecule has 0 aliphatic carbocycles. The molecule has 0 aromatic heterocycles. The zero-order valence-corrected chi connectivity index (χ0v) is 10.00. The largest absolute Gasteiger partial charge is 0.477 e. The summed E-state index contributed by atoms with van der Waals surface area (Å²) in [5.41, 5.74) is 6.82. The van der Waals surface area contributed by atoms with E-state index in [1.807, 2.05) is 6.07 Å². The number of carbonyl (C=O) groups is 2. The molecule has 1 aliphatic heterocycles. The molecule has 0 fully saturated rings. The summed E-state index contributed by atoms with van der Waals surface area (Å²) in [4.78, 5) is 24.2. The van der Waals surface area contributed by atoms with E-state index in [0.717, 1.165) is 0 Å². The molecular formula is C15H11NO3. The predicted molar refractivity (Wildman–Crippen MR) is 70.0 cm³/mol. The van der Waals surface area contributed by atoms with Crippen LogP contribution in [-0.2, 0) is 4.79 Å². The molecule has 0 saturated carbocycles. The SMILES string of the molecule is Nc1cccc2c1C(=O)C(=O)C(c1ccccc1)O2. The second kappa shape index (κ2) is 4.24. The predicted octanol–water partition coefficient (Wildman–Crippen LogP) is 2.15. The number of nitrogen functional groups attached to an aromatic ring is 1. The first kappa shape index (κ1) is 11.5. The number of rotatable bonds is 1. The molecule has 1 atom stereocenters. The van der Waals surface area contributed by atoms with Gasteiger partial charge in [-0.3, -0.25) is 9.59 Å². The van der Waals surface area contributed by atoms with Crippen LogP contribution in [0.2, 0.25) is 0 Å². The Balaban J connectivity index is 2.10. The Morgan fingerprint density at radius 2 is 1.68 bits per heavy atom. The molecule has 3 rings (SSSR count). The van der Waals surface area contributed by atoms with Gasteiger partial charge in [0, 0.05) is 11.3 Å². The normalized spacial score (nSPS) is 17.8. The second-order valence-corrected chi connectivity index (χ2v) is 4.32. The number of ketones is 2. The first-order chi connectivity index (χ1) is 9.18. The van der Waals surface area contributed by atoms with E-state index < -0.39 is 17.7 Å². The summed E-state index contributed by atoms with van der Waals surface area (Å²) in [6, 6.07) is 13.9. The topological polar surface area (TPSA) is 69.4 Å². The maximum atomic E-state index is 12.1. The van der Waals surface area contributed by atoms with Gasteiger partial charge in [-0.05, 0) is 12.1 Å². The molecule has 4 nitrogen and oxygen atoms in total. The molecule has 2 N–H and O–H groups in total. The highest BCUT2D eigenvalue weighted by molar-refractivity contribution is 6.47. The van der Waals surface area contributed by atoms with Crippen LogP contribution in [0.15, 0.2) is 48.5 Å². The van der Waals surface area contributed by atoms with Gasteiger partial charge in [0.2, 0.25) is 11.6 Å². The highest BCUT2D eigenvalue weighted by Crippen LogP contribution is 2.35. The van der Waals surface area contributed by atoms with Crippen LogP contribution in [0.1, 0.15) is 22.0 Å². The van der Waals surface area contributed by atoms with Crippen LogP contribution in [0.25, 0.3) is 0 Å². The highest BCUT2D eigenvalue weighted by atomic mass is 16.5. The summed E-state index contributed by atoms with van der Waals surface area (Å²) in [6.45, 7) is 0. The molecule has 94 valence electrons. The van der Waals surface area contributed by atoms with Crippen molar-refractivity contribution in [2.75, 3.05) is 5.73 Å². The Morgan fingerprint density at radius 3 is 2.42 bits per heavy atom. The van der Waals surface area contributed by atoms with E-state index in [-0.39, 0.29) is 11.3 Å². The smallest absolute Gasteiger partial charge is 0.248 e. The van der Waals surface area contributed by atoms with Crippen LogP contribution in [0.3, 0.4) is 0 Å². The van der Waals surface area contributed by atoms with E-state index in [0.29, 0.717) is 11.3 Å². The van der Waals surface area contributed by atoms with E-state index in [2.05, 4.69) is 0 Å². The summed E-state index contributed by atoms with van der Waals surface area (Å²) in [5.74, 6) is -0.816. The number of carbonyl (C=O) groups excluding carboxylic acids is 2. The van der Waals surface area contributed by atoms with E-state index in [4.69, 9.17) is 10.5 Å². The van der Waals surface area contributed by atoms with Crippen molar-refractivity contribution >= 4 is 17.3 Å². The van der Waals surface area contributed by atoms with Crippen molar-refractivity contribution in [2.24, 2.45) is 0 Å². The van der Waals surface area contributed by atoms with Gasteiger partial charge < -0.3 is 10.5 Å². The fourth-order valence-electron chi connectivity index (χ4n) is 2.16. The summed E-state index contributed by atoms with van der Waals surface area (Å²) in [5, 5.41) is 0. The molecule has 2 aromatic carbocycles. The van der Waals surface area contributed by atoms with Crippen molar-refractivity contribution in [1.29, 1.82) is 0 Å². The maximum absolute atomic E-state index is 12.1. The van der Waals surface area contributed by atoms with Gasteiger partial charge >= 0.3 is 0 Å². The lowest BCUT2D eigenvalue weighted by Gasteiger charge is -2.24. The minimum absolute atomic E-state index is 0.166. The molecule has 19 heavy (non-hydrogen) atoms. The van der Waals surface area contributed by atoms with Crippen molar-refractivity contribution in [2.45, 2.75) is 6.10 Å². The molecule has 4 heteroatoms. The van der Waals surface area contributed by atoms with Gasteiger partial charge in [0.1, 0.15) is 5.75 Å². The lowest BCUT2D eigenvalue weighted by atomic mass is 9.94. The van der Waals surface area contributed by atoms with Crippen LogP contribution in [0.4, 0.5) is 5.69 Å². The Kier molecular flexibility index (Phi) is 2.56. The lowest BCUT2D eigenvalue weighted by Crippen LogP contribution is -2.32. The first-order valence-electron chi connectivity index (χ1n) is 5.87. The fraction of sp³-hybridized carbons (Fsp3) is 0.0667. The van der Waals surface area contributed by atoms with E-state index in [1.165, 1.54) is 0 Å². The molecule has 0 bridgehead atoms. The fourth-order valence-corrected chi connectivity index (χ4v) is 2.16. The maximum Gasteiger partial charge on any atom is 0.248 e. The van der Waals surface area contributed by atoms with Crippen LogP contribution in [0, 0.1) is 0 Å². The van der Waals surface area contributed by atoms with Gasteiger partial charge in [0.25, 0.3) is 0 Å². The van der Waals surface area contributed by atoms with E-state index in [1.54, 1.807) is 42.5 Å². The van der Waals surface area contributed by atoms with Crippen molar-refractivity contribution in [3.05, 3.63) is 59.7 Å². The lowest BCUT2D eigenvalue weighted by molar-refractivity contribution is -0.122. The summed E-state index contributed by atoms with van der Waals surface area (Å²) >= 11 is 0. The van der Waals surface area contributed by atoms with Crippen LogP contribution in [-0.4, -0.2) is 11.6 Å². The molecule has 2 aromatic rings. The molecule has 0 spiro atoms. The number of hydrogen-bond acceptors (Lipinski definition) is 4. The van der Waals surface area contributed by atoms with Crippen molar-refractivity contribution in [3.8, 4) is 5.75 Å². The van der Waals surface area contributed by atoms with E-state index in [9.17, 15) is 9.59 Å². The van der Waals surface area contributed by atoms with Crippen LogP contribution < -0.4 is 10.5 Å². The Labute approximate surface area is 109 Å². The average Bonchev–Trinajstić information content (AvgIpc) is 2.43.